The molecule has 1 rings (SSSR count). The van der Waals surface area contributed by atoms with Crippen molar-refractivity contribution >= 4 is 11.8 Å². The molecule has 0 spiro atoms. The molecule has 5 nitrogen and oxygen atoms in total. The Morgan fingerprint density at radius 1 is 1.18 bits per heavy atom. The van der Waals surface area contributed by atoms with Crippen molar-refractivity contribution in [3.63, 3.8) is 0 Å². The minimum Gasteiger partial charge on any atom is -0.348 e. The molecule has 2 atom stereocenters. The van der Waals surface area contributed by atoms with E-state index in [-0.39, 0.29) is 12.5 Å². The zero-order valence-electron chi connectivity index (χ0n) is 12.8. The van der Waals surface area contributed by atoms with Crippen molar-refractivity contribution in [2.45, 2.75) is 32.9 Å². The summed E-state index contributed by atoms with van der Waals surface area (Å²) in [4.78, 5) is 23.4. The van der Waals surface area contributed by atoms with Gasteiger partial charge in [0.15, 0.2) is 11.6 Å². The molecule has 0 aliphatic heterocycles. The van der Waals surface area contributed by atoms with E-state index in [9.17, 15) is 18.4 Å². The zero-order valence-corrected chi connectivity index (χ0v) is 12.8. The summed E-state index contributed by atoms with van der Waals surface area (Å²) in [7, 11) is 0. The third-order valence-electron chi connectivity index (χ3n) is 3.27. The highest BCUT2D eigenvalue weighted by molar-refractivity contribution is 5.87. The highest BCUT2D eigenvalue weighted by Gasteiger charge is 2.18. The summed E-state index contributed by atoms with van der Waals surface area (Å²) in [6.45, 7) is 5.00. The molecule has 1 aromatic rings. The number of amides is 2. The first kappa shape index (κ1) is 18.0. The predicted molar refractivity (Wildman–Crippen MR) is 78.7 cm³/mol. The van der Waals surface area contributed by atoms with Crippen LogP contribution >= 0.6 is 0 Å². The Hall–Kier alpha value is -2.02. The minimum atomic E-state index is -0.977. The van der Waals surface area contributed by atoms with E-state index in [1.165, 1.54) is 6.07 Å². The van der Waals surface area contributed by atoms with Crippen LogP contribution in [0, 0.1) is 17.6 Å². The van der Waals surface area contributed by atoms with E-state index in [2.05, 4.69) is 10.6 Å². The second-order valence-electron chi connectivity index (χ2n) is 5.45. The second kappa shape index (κ2) is 7.84. The van der Waals surface area contributed by atoms with E-state index >= 15 is 0 Å². The molecule has 7 heteroatoms. The summed E-state index contributed by atoms with van der Waals surface area (Å²) >= 11 is 0. The summed E-state index contributed by atoms with van der Waals surface area (Å²) < 4.78 is 26.0. The molecule has 0 aliphatic carbocycles. The van der Waals surface area contributed by atoms with Crippen molar-refractivity contribution in [1.82, 2.24) is 10.6 Å². The Morgan fingerprint density at radius 2 is 1.82 bits per heavy atom. The molecule has 0 aromatic heterocycles. The molecule has 0 radical (unpaired) electrons. The van der Waals surface area contributed by atoms with Gasteiger partial charge in [0.05, 0.1) is 18.6 Å². The van der Waals surface area contributed by atoms with E-state index in [1.54, 1.807) is 20.8 Å². The molecule has 2 amide bonds. The number of benzene rings is 1. The number of carbonyl (C=O) groups is 2. The lowest BCUT2D eigenvalue weighted by atomic mass is 10.1. The van der Waals surface area contributed by atoms with Crippen LogP contribution in [-0.2, 0) is 9.59 Å². The van der Waals surface area contributed by atoms with E-state index in [0.717, 1.165) is 12.1 Å². The molecule has 22 heavy (non-hydrogen) atoms. The van der Waals surface area contributed by atoms with Crippen LogP contribution in [0.4, 0.5) is 8.78 Å². The van der Waals surface area contributed by atoms with Crippen LogP contribution in [0.2, 0.25) is 0 Å². The van der Waals surface area contributed by atoms with Crippen molar-refractivity contribution in [3.8, 4) is 0 Å². The van der Waals surface area contributed by atoms with Crippen molar-refractivity contribution in [3.05, 3.63) is 35.4 Å². The van der Waals surface area contributed by atoms with Gasteiger partial charge in [-0.3, -0.25) is 9.59 Å². The fraction of sp³-hybridized carbons (Fsp3) is 0.467. The largest absolute Gasteiger partial charge is 0.348 e. The van der Waals surface area contributed by atoms with Crippen LogP contribution in [-0.4, -0.2) is 24.4 Å². The summed E-state index contributed by atoms with van der Waals surface area (Å²) in [5, 5.41) is 5.01. The summed E-state index contributed by atoms with van der Waals surface area (Å²) in [6, 6.07) is 2.20. The molecule has 122 valence electrons. The first-order chi connectivity index (χ1) is 10.2. The number of rotatable bonds is 6. The number of halogens is 2. The average Bonchev–Trinajstić information content (AvgIpc) is 2.46. The Morgan fingerprint density at radius 3 is 2.36 bits per heavy atom. The normalized spacial score (nSPS) is 13.6. The standard InChI is InChI=1S/C15H21F2N3O2/c1-8(2)14(18)15(22)19-7-13(21)20-9(3)10-4-5-11(16)12(17)6-10/h4-6,8-9,14H,7,18H2,1-3H3,(H,19,22)(H,20,21)/t9?,14-/m0/s1. The Balaban J connectivity index is 2.51. The molecule has 0 saturated heterocycles. The maximum atomic E-state index is 13.1. The van der Waals surface area contributed by atoms with Crippen molar-refractivity contribution in [2.24, 2.45) is 11.7 Å². The predicted octanol–water partition coefficient (Wildman–Crippen LogP) is 1.24. The van der Waals surface area contributed by atoms with E-state index in [0.29, 0.717) is 5.56 Å². The van der Waals surface area contributed by atoms with Crippen LogP contribution in [0.25, 0.3) is 0 Å². The van der Waals surface area contributed by atoms with Gasteiger partial charge in [0, 0.05) is 0 Å². The summed E-state index contributed by atoms with van der Waals surface area (Å²) in [5.74, 6) is -2.82. The molecule has 0 saturated carbocycles. The fourth-order valence-corrected chi connectivity index (χ4v) is 1.75. The molecule has 1 aromatic carbocycles. The van der Waals surface area contributed by atoms with Gasteiger partial charge in [0.2, 0.25) is 11.8 Å². The quantitative estimate of drug-likeness (QED) is 0.739. The average molecular weight is 313 g/mol. The number of hydrogen-bond donors (Lipinski definition) is 3. The summed E-state index contributed by atoms with van der Waals surface area (Å²) in [5.41, 5.74) is 6.08. The van der Waals surface area contributed by atoms with Gasteiger partial charge in [0.25, 0.3) is 0 Å². The molecule has 0 aliphatic rings. The molecule has 0 heterocycles. The molecule has 0 fully saturated rings. The number of nitrogens with two attached hydrogens (primary N) is 1. The maximum Gasteiger partial charge on any atom is 0.239 e. The van der Waals surface area contributed by atoms with Gasteiger partial charge in [-0.2, -0.15) is 0 Å². The maximum absolute atomic E-state index is 13.1. The number of carbonyl (C=O) groups excluding carboxylic acids is 2. The van der Waals surface area contributed by atoms with Gasteiger partial charge in [-0.15, -0.1) is 0 Å². The van der Waals surface area contributed by atoms with E-state index in [1.807, 2.05) is 0 Å². The van der Waals surface area contributed by atoms with E-state index in [4.69, 9.17) is 5.73 Å². The lowest BCUT2D eigenvalue weighted by molar-refractivity contribution is -0.127. The molecular formula is C15H21F2N3O2. The zero-order chi connectivity index (χ0) is 16.9. The first-order valence-corrected chi connectivity index (χ1v) is 7.00. The second-order valence-corrected chi connectivity index (χ2v) is 5.45. The number of hydrogen-bond acceptors (Lipinski definition) is 3. The van der Waals surface area contributed by atoms with Gasteiger partial charge in [-0.25, -0.2) is 8.78 Å². The van der Waals surface area contributed by atoms with Crippen molar-refractivity contribution < 1.29 is 18.4 Å². The monoisotopic (exact) mass is 313 g/mol. The Labute approximate surface area is 128 Å². The van der Waals surface area contributed by atoms with Gasteiger partial charge in [-0.05, 0) is 30.5 Å². The van der Waals surface area contributed by atoms with Crippen molar-refractivity contribution in [1.29, 1.82) is 0 Å². The fourth-order valence-electron chi connectivity index (χ4n) is 1.75. The van der Waals surface area contributed by atoms with E-state index < -0.39 is 35.5 Å². The first-order valence-electron chi connectivity index (χ1n) is 7.00. The van der Waals surface area contributed by atoms with Crippen LogP contribution < -0.4 is 16.4 Å². The Bertz CT molecular complexity index is 550. The van der Waals surface area contributed by atoms with Crippen LogP contribution in [0.5, 0.6) is 0 Å². The molecule has 0 bridgehead atoms. The molecule has 4 N–H and O–H groups in total. The van der Waals surface area contributed by atoms with Crippen LogP contribution in [0.1, 0.15) is 32.4 Å². The summed E-state index contributed by atoms with van der Waals surface area (Å²) in [6.07, 6.45) is 0. The van der Waals surface area contributed by atoms with Gasteiger partial charge in [0.1, 0.15) is 0 Å². The minimum absolute atomic E-state index is 0.0378. The third-order valence-corrected chi connectivity index (χ3v) is 3.27. The molecular weight excluding hydrogens is 292 g/mol. The lowest BCUT2D eigenvalue weighted by Crippen LogP contribution is -2.47. The SMILES string of the molecule is CC(NC(=O)CNC(=O)[C@@H](N)C(C)C)c1ccc(F)c(F)c1. The van der Waals surface area contributed by atoms with Crippen LogP contribution in [0.15, 0.2) is 18.2 Å². The highest BCUT2D eigenvalue weighted by atomic mass is 19.2. The third kappa shape index (κ3) is 5.07. The smallest absolute Gasteiger partial charge is 0.239 e. The van der Waals surface area contributed by atoms with Gasteiger partial charge >= 0.3 is 0 Å². The Kier molecular flexibility index (Phi) is 6.42. The topological polar surface area (TPSA) is 84.2 Å². The number of nitrogens with one attached hydrogen (secondary N) is 2. The van der Waals surface area contributed by atoms with Gasteiger partial charge < -0.3 is 16.4 Å². The van der Waals surface area contributed by atoms with Gasteiger partial charge in [-0.1, -0.05) is 19.9 Å². The highest BCUT2D eigenvalue weighted by Crippen LogP contribution is 2.15. The lowest BCUT2D eigenvalue weighted by Gasteiger charge is -2.17. The molecule has 1 unspecified atom stereocenters. The van der Waals surface area contributed by atoms with Crippen molar-refractivity contribution in [2.75, 3.05) is 6.54 Å². The van der Waals surface area contributed by atoms with Crippen LogP contribution in [0.3, 0.4) is 0 Å².